The number of hydrogen-bond donors (Lipinski definition) is 1. The largest absolute Gasteiger partial charge is 0.490 e. The fourth-order valence-electron chi connectivity index (χ4n) is 1.94. The van der Waals surface area contributed by atoms with Crippen molar-refractivity contribution in [3.8, 4) is 11.5 Å². The number of anilines is 1. The Morgan fingerprint density at radius 1 is 1.04 bits per heavy atom. The van der Waals surface area contributed by atoms with Gasteiger partial charge in [-0.25, -0.2) is 0 Å². The molecule has 0 atom stereocenters. The van der Waals surface area contributed by atoms with E-state index in [1.54, 1.807) is 18.3 Å². The van der Waals surface area contributed by atoms with Gasteiger partial charge in [-0.1, -0.05) is 35.3 Å². The molecule has 23 heavy (non-hydrogen) atoms. The van der Waals surface area contributed by atoms with Crippen molar-refractivity contribution >= 4 is 35.1 Å². The minimum Gasteiger partial charge on any atom is -0.490 e. The average Bonchev–Trinajstić information content (AvgIpc) is 2.53. The van der Waals surface area contributed by atoms with Crippen LogP contribution in [0.5, 0.6) is 11.5 Å². The van der Waals surface area contributed by atoms with E-state index in [0.717, 1.165) is 11.3 Å². The molecule has 0 spiro atoms. The van der Waals surface area contributed by atoms with Gasteiger partial charge in [0, 0.05) is 0 Å². The van der Waals surface area contributed by atoms with E-state index in [2.05, 4.69) is 10.5 Å². The smallest absolute Gasteiger partial charge is 0.179 e. The van der Waals surface area contributed by atoms with Crippen LogP contribution in [0, 0.1) is 0 Å². The second kappa shape index (κ2) is 8.65. The molecule has 2 aromatic carbocycles. The highest BCUT2D eigenvalue weighted by atomic mass is 35.5. The molecule has 0 aromatic heterocycles. The van der Waals surface area contributed by atoms with E-state index in [1.165, 1.54) is 0 Å². The molecule has 2 aromatic rings. The van der Waals surface area contributed by atoms with Crippen molar-refractivity contribution in [2.75, 3.05) is 18.6 Å². The van der Waals surface area contributed by atoms with Crippen LogP contribution < -0.4 is 14.9 Å². The number of benzene rings is 2. The minimum absolute atomic E-state index is 0.483. The molecule has 0 saturated carbocycles. The molecule has 0 unspecified atom stereocenters. The summed E-state index contributed by atoms with van der Waals surface area (Å²) < 4.78 is 11.1. The third kappa shape index (κ3) is 4.78. The normalized spacial score (nSPS) is 10.8. The minimum atomic E-state index is 0.483. The Bertz CT molecular complexity index is 690. The lowest BCUT2D eigenvalue weighted by Gasteiger charge is -2.13. The highest BCUT2D eigenvalue weighted by molar-refractivity contribution is 6.33. The average molecular weight is 353 g/mol. The highest BCUT2D eigenvalue weighted by Gasteiger charge is 2.11. The molecule has 4 nitrogen and oxygen atoms in total. The molecule has 6 heteroatoms. The van der Waals surface area contributed by atoms with Crippen LogP contribution in [0.25, 0.3) is 0 Å². The zero-order valence-corrected chi connectivity index (χ0v) is 14.5. The SMILES string of the molecule is CCOc1cc(/C=N\Nc2ccccc2Cl)cc(Cl)c1OCC. The number of hydrazone groups is 1. The number of nitrogens with one attached hydrogen (secondary N) is 1. The first kappa shape index (κ1) is 17.4. The van der Waals surface area contributed by atoms with Gasteiger partial charge in [-0.2, -0.15) is 5.10 Å². The number of nitrogens with zero attached hydrogens (tertiary/aromatic N) is 1. The molecule has 0 bridgehead atoms. The summed E-state index contributed by atoms with van der Waals surface area (Å²) in [6.07, 6.45) is 1.65. The molecular formula is C17H18Cl2N2O2. The molecule has 0 radical (unpaired) electrons. The molecule has 0 heterocycles. The Labute approximate surface area is 146 Å². The maximum Gasteiger partial charge on any atom is 0.179 e. The molecule has 0 fully saturated rings. The van der Waals surface area contributed by atoms with Crippen LogP contribution in [0.4, 0.5) is 5.69 Å². The highest BCUT2D eigenvalue weighted by Crippen LogP contribution is 2.36. The van der Waals surface area contributed by atoms with Gasteiger partial charge in [0.1, 0.15) is 0 Å². The van der Waals surface area contributed by atoms with Gasteiger partial charge < -0.3 is 9.47 Å². The predicted octanol–water partition coefficient (Wildman–Crippen LogP) is 5.24. The molecule has 0 saturated heterocycles. The fourth-order valence-corrected chi connectivity index (χ4v) is 2.39. The summed E-state index contributed by atoms with van der Waals surface area (Å²) in [5.41, 5.74) is 4.42. The Balaban J connectivity index is 2.19. The van der Waals surface area contributed by atoms with Crippen molar-refractivity contribution in [3.63, 3.8) is 0 Å². The fraction of sp³-hybridized carbons (Fsp3) is 0.235. The molecule has 122 valence electrons. The van der Waals surface area contributed by atoms with E-state index in [4.69, 9.17) is 32.7 Å². The van der Waals surface area contributed by atoms with Crippen LogP contribution >= 0.6 is 23.2 Å². The van der Waals surface area contributed by atoms with Crippen molar-refractivity contribution in [1.29, 1.82) is 0 Å². The molecule has 0 aliphatic heterocycles. The van der Waals surface area contributed by atoms with Crippen molar-refractivity contribution in [2.45, 2.75) is 13.8 Å². The lowest BCUT2D eigenvalue weighted by Crippen LogP contribution is -2.00. The van der Waals surface area contributed by atoms with Gasteiger partial charge >= 0.3 is 0 Å². The second-order valence-electron chi connectivity index (χ2n) is 4.55. The predicted molar refractivity (Wildman–Crippen MR) is 96.5 cm³/mol. The number of ether oxygens (including phenoxy) is 2. The maximum absolute atomic E-state index is 6.26. The van der Waals surface area contributed by atoms with Gasteiger partial charge in [-0.15, -0.1) is 0 Å². The number of hydrogen-bond acceptors (Lipinski definition) is 4. The first-order valence-electron chi connectivity index (χ1n) is 7.28. The van der Waals surface area contributed by atoms with Crippen molar-refractivity contribution in [2.24, 2.45) is 5.10 Å². The zero-order chi connectivity index (χ0) is 16.7. The quantitative estimate of drug-likeness (QED) is 0.547. The summed E-state index contributed by atoms with van der Waals surface area (Å²) in [7, 11) is 0. The lowest BCUT2D eigenvalue weighted by atomic mass is 10.2. The zero-order valence-electron chi connectivity index (χ0n) is 13.0. The maximum atomic E-state index is 6.26. The van der Waals surface area contributed by atoms with E-state index < -0.39 is 0 Å². The third-order valence-electron chi connectivity index (χ3n) is 2.89. The Hall–Kier alpha value is -1.91. The summed E-state index contributed by atoms with van der Waals surface area (Å²) >= 11 is 12.3. The summed E-state index contributed by atoms with van der Waals surface area (Å²) in [4.78, 5) is 0. The van der Waals surface area contributed by atoms with E-state index in [0.29, 0.717) is 34.8 Å². The Morgan fingerprint density at radius 3 is 2.48 bits per heavy atom. The molecule has 0 amide bonds. The standard InChI is InChI=1S/C17H18Cl2N2O2/c1-3-22-16-10-12(9-14(19)17(16)23-4-2)11-20-21-15-8-6-5-7-13(15)18/h5-11,21H,3-4H2,1-2H3/b20-11-. The Morgan fingerprint density at radius 2 is 1.78 bits per heavy atom. The van der Waals surface area contributed by atoms with E-state index in [9.17, 15) is 0 Å². The number of para-hydroxylation sites is 1. The first-order valence-corrected chi connectivity index (χ1v) is 8.04. The van der Waals surface area contributed by atoms with Gasteiger partial charge in [-0.05, 0) is 43.7 Å². The first-order chi connectivity index (χ1) is 11.2. The van der Waals surface area contributed by atoms with E-state index in [-0.39, 0.29) is 0 Å². The molecule has 2 rings (SSSR count). The van der Waals surface area contributed by atoms with Crippen molar-refractivity contribution in [1.82, 2.24) is 0 Å². The molecule has 1 N–H and O–H groups in total. The van der Waals surface area contributed by atoms with Crippen molar-refractivity contribution in [3.05, 3.63) is 52.0 Å². The van der Waals surface area contributed by atoms with Gasteiger partial charge in [0.05, 0.1) is 35.2 Å². The second-order valence-corrected chi connectivity index (χ2v) is 5.36. The monoisotopic (exact) mass is 352 g/mol. The lowest BCUT2D eigenvalue weighted by molar-refractivity contribution is 0.288. The van der Waals surface area contributed by atoms with Crippen LogP contribution in [-0.4, -0.2) is 19.4 Å². The van der Waals surface area contributed by atoms with Crippen LogP contribution in [0.15, 0.2) is 41.5 Å². The van der Waals surface area contributed by atoms with Crippen LogP contribution in [0.2, 0.25) is 10.0 Å². The van der Waals surface area contributed by atoms with Gasteiger partial charge in [-0.3, -0.25) is 5.43 Å². The van der Waals surface area contributed by atoms with E-state index in [1.807, 2.05) is 38.1 Å². The van der Waals surface area contributed by atoms with Crippen molar-refractivity contribution < 1.29 is 9.47 Å². The van der Waals surface area contributed by atoms with Crippen LogP contribution in [0.1, 0.15) is 19.4 Å². The summed E-state index contributed by atoms with van der Waals surface area (Å²) in [6, 6.07) is 11.0. The summed E-state index contributed by atoms with van der Waals surface area (Å²) in [5, 5.41) is 5.26. The molecular weight excluding hydrogens is 335 g/mol. The molecule has 0 aliphatic carbocycles. The molecule has 0 aliphatic rings. The van der Waals surface area contributed by atoms with Crippen LogP contribution in [-0.2, 0) is 0 Å². The van der Waals surface area contributed by atoms with Gasteiger partial charge in [0.25, 0.3) is 0 Å². The third-order valence-corrected chi connectivity index (χ3v) is 3.50. The number of halogens is 2. The van der Waals surface area contributed by atoms with Crippen LogP contribution in [0.3, 0.4) is 0 Å². The number of rotatable bonds is 7. The Kier molecular flexibility index (Phi) is 6.56. The summed E-state index contributed by atoms with van der Waals surface area (Å²) in [6.45, 7) is 4.84. The topological polar surface area (TPSA) is 42.8 Å². The van der Waals surface area contributed by atoms with Gasteiger partial charge in [0.15, 0.2) is 11.5 Å². The van der Waals surface area contributed by atoms with E-state index >= 15 is 0 Å². The summed E-state index contributed by atoms with van der Waals surface area (Å²) in [5.74, 6) is 1.15. The van der Waals surface area contributed by atoms with Gasteiger partial charge in [0.2, 0.25) is 0 Å².